The molecule has 4 nitrogen and oxygen atoms in total. The van der Waals surface area contributed by atoms with E-state index >= 15 is 0 Å². The number of aryl methyl sites for hydroxylation is 1. The van der Waals surface area contributed by atoms with Crippen LogP contribution >= 0.6 is 11.6 Å². The van der Waals surface area contributed by atoms with E-state index in [2.05, 4.69) is 13.8 Å². The number of hydrogen-bond donors (Lipinski definition) is 0. The monoisotopic (exact) mass is 345 g/mol. The highest BCUT2D eigenvalue weighted by molar-refractivity contribution is 7.89. The molecule has 1 heterocycles. The number of ether oxygens (including phenoxy) is 1. The average molecular weight is 346 g/mol. The third kappa shape index (κ3) is 3.58. The molecule has 124 valence electrons. The standard InChI is InChI=1S/C16H24ClNO3S/c1-5-21-15-7-13(4)14(17)8-16(15)22(19,20)18-9-11(2)6-12(3)10-18/h7-8,11-12H,5-6,9-10H2,1-4H3/t11-,12+. The third-order valence-electron chi connectivity index (χ3n) is 3.98. The minimum absolute atomic E-state index is 0.172. The number of halogens is 1. The third-order valence-corrected chi connectivity index (χ3v) is 6.24. The molecule has 1 aliphatic heterocycles. The highest BCUT2D eigenvalue weighted by atomic mass is 35.5. The molecule has 2 atom stereocenters. The van der Waals surface area contributed by atoms with Gasteiger partial charge < -0.3 is 4.74 Å². The quantitative estimate of drug-likeness (QED) is 0.835. The molecule has 1 aliphatic rings. The van der Waals surface area contributed by atoms with E-state index in [9.17, 15) is 8.42 Å². The first-order valence-corrected chi connectivity index (χ1v) is 9.50. The van der Waals surface area contributed by atoms with Gasteiger partial charge in [0, 0.05) is 18.1 Å². The van der Waals surface area contributed by atoms with Crippen LogP contribution in [0.25, 0.3) is 0 Å². The van der Waals surface area contributed by atoms with Crippen molar-refractivity contribution >= 4 is 21.6 Å². The second kappa shape index (κ2) is 6.77. The van der Waals surface area contributed by atoms with E-state index in [0.717, 1.165) is 12.0 Å². The van der Waals surface area contributed by atoms with Crippen molar-refractivity contribution in [2.24, 2.45) is 11.8 Å². The highest BCUT2D eigenvalue weighted by Gasteiger charge is 2.33. The molecule has 0 aromatic heterocycles. The van der Waals surface area contributed by atoms with Crippen molar-refractivity contribution in [3.63, 3.8) is 0 Å². The molecular weight excluding hydrogens is 322 g/mol. The molecule has 2 rings (SSSR count). The summed E-state index contributed by atoms with van der Waals surface area (Å²) in [5, 5.41) is 0.445. The lowest BCUT2D eigenvalue weighted by Gasteiger charge is -2.34. The summed E-state index contributed by atoms with van der Waals surface area (Å²) in [4.78, 5) is 0.172. The lowest BCUT2D eigenvalue weighted by molar-refractivity contribution is 0.222. The van der Waals surface area contributed by atoms with E-state index in [0.29, 0.717) is 42.3 Å². The normalized spacial score (nSPS) is 23.5. The van der Waals surface area contributed by atoms with Crippen molar-refractivity contribution in [2.75, 3.05) is 19.7 Å². The molecule has 1 aromatic carbocycles. The summed E-state index contributed by atoms with van der Waals surface area (Å²) in [6.07, 6.45) is 1.05. The Morgan fingerprint density at radius 3 is 2.41 bits per heavy atom. The van der Waals surface area contributed by atoms with Crippen molar-refractivity contribution < 1.29 is 13.2 Å². The fraction of sp³-hybridized carbons (Fsp3) is 0.625. The zero-order valence-electron chi connectivity index (χ0n) is 13.6. The highest BCUT2D eigenvalue weighted by Crippen LogP contribution is 2.34. The van der Waals surface area contributed by atoms with Gasteiger partial charge in [0.25, 0.3) is 0 Å². The Kier molecular flexibility index (Phi) is 5.41. The van der Waals surface area contributed by atoms with Gasteiger partial charge in [-0.05, 0) is 49.8 Å². The minimum atomic E-state index is -3.60. The van der Waals surface area contributed by atoms with Crippen LogP contribution in [0.5, 0.6) is 5.75 Å². The van der Waals surface area contributed by atoms with Crippen molar-refractivity contribution in [3.8, 4) is 5.75 Å². The van der Waals surface area contributed by atoms with Crippen LogP contribution in [0.3, 0.4) is 0 Å². The number of hydrogen-bond acceptors (Lipinski definition) is 3. The SMILES string of the molecule is CCOc1cc(C)c(Cl)cc1S(=O)(=O)N1C[C@H](C)C[C@H](C)C1. The summed E-state index contributed by atoms with van der Waals surface area (Å²) in [6.45, 7) is 9.36. The largest absolute Gasteiger partial charge is 0.492 e. The van der Waals surface area contributed by atoms with Crippen LogP contribution < -0.4 is 4.74 Å². The maximum absolute atomic E-state index is 13.0. The lowest BCUT2D eigenvalue weighted by atomic mass is 9.94. The van der Waals surface area contributed by atoms with Gasteiger partial charge in [-0.1, -0.05) is 25.4 Å². The van der Waals surface area contributed by atoms with Gasteiger partial charge in [0.05, 0.1) is 6.61 Å². The van der Waals surface area contributed by atoms with Crippen LogP contribution in [0.2, 0.25) is 5.02 Å². The topological polar surface area (TPSA) is 46.6 Å². The van der Waals surface area contributed by atoms with Crippen LogP contribution in [0.1, 0.15) is 32.8 Å². The van der Waals surface area contributed by atoms with Crippen molar-refractivity contribution in [2.45, 2.75) is 39.0 Å². The average Bonchev–Trinajstić information content (AvgIpc) is 2.41. The van der Waals surface area contributed by atoms with Crippen LogP contribution in [0.15, 0.2) is 17.0 Å². The van der Waals surface area contributed by atoms with Gasteiger partial charge in [-0.2, -0.15) is 4.31 Å². The summed E-state index contributed by atoms with van der Waals surface area (Å²) in [5.41, 5.74) is 0.810. The molecular formula is C16H24ClNO3S. The van der Waals surface area contributed by atoms with Crippen LogP contribution in [-0.2, 0) is 10.0 Å². The van der Waals surface area contributed by atoms with Crippen molar-refractivity contribution in [1.82, 2.24) is 4.31 Å². The minimum Gasteiger partial charge on any atom is -0.492 e. The van der Waals surface area contributed by atoms with Crippen molar-refractivity contribution in [1.29, 1.82) is 0 Å². The summed E-state index contributed by atoms with van der Waals surface area (Å²) in [7, 11) is -3.60. The maximum atomic E-state index is 13.0. The second-order valence-corrected chi connectivity index (χ2v) is 8.56. The molecule has 0 saturated carbocycles. The Balaban J connectivity index is 2.46. The van der Waals surface area contributed by atoms with Gasteiger partial charge in [0.2, 0.25) is 10.0 Å². The number of benzene rings is 1. The van der Waals surface area contributed by atoms with Crippen LogP contribution in [0.4, 0.5) is 0 Å². The Morgan fingerprint density at radius 1 is 1.27 bits per heavy atom. The first-order chi connectivity index (χ1) is 10.3. The molecule has 1 aromatic rings. The van der Waals surface area contributed by atoms with Gasteiger partial charge in [-0.15, -0.1) is 0 Å². The van der Waals surface area contributed by atoms with Gasteiger partial charge >= 0.3 is 0 Å². The fourth-order valence-corrected chi connectivity index (χ4v) is 5.09. The lowest BCUT2D eigenvalue weighted by Crippen LogP contribution is -2.42. The van der Waals surface area contributed by atoms with Crippen LogP contribution in [0, 0.1) is 18.8 Å². The molecule has 6 heteroatoms. The molecule has 1 fully saturated rings. The summed E-state index contributed by atoms with van der Waals surface area (Å²) < 4.78 is 33.2. The maximum Gasteiger partial charge on any atom is 0.246 e. The summed E-state index contributed by atoms with van der Waals surface area (Å²) in [6, 6.07) is 3.22. The number of rotatable bonds is 4. The zero-order chi connectivity index (χ0) is 16.5. The molecule has 22 heavy (non-hydrogen) atoms. The molecule has 0 spiro atoms. The smallest absolute Gasteiger partial charge is 0.246 e. The van der Waals surface area contributed by atoms with E-state index in [1.54, 1.807) is 10.4 Å². The molecule has 0 radical (unpaired) electrons. The number of nitrogens with zero attached hydrogens (tertiary/aromatic N) is 1. The summed E-state index contributed by atoms with van der Waals surface area (Å²) in [5.74, 6) is 1.10. The Hall–Kier alpha value is -0.780. The predicted octanol–water partition coefficient (Wildman–Crippen LogP) is 3.71. The van der Waals surface area contributed by atoms with E-state index in [4.69, 9.17) is 16.3 Å². The molecule has 0 amide bonds. The van der Waals surface area contributed by atoms with E-state index < -0.39 is 10.0 Å². The number of piperidine rings is 1. The predicted molar refractivity (Wildman–Crippen MR) is 89.1 cm³/mol. The van der Waals surface area contributed by atoms with Gasteiger partial charge in [0.15, 0.2) is 0 Å². The number of sulfonamides is 1. The molecule has 1 saturated heterocycles. The molecule has 0 bridgehead atoms. The zero-order valence-corrected chi connectivity index (χ0v) is 15.2. The Labute approximate surface area is 138 Å². The molecule has 0 aliphatic carbocycles. The fourth-order valence-electron chi connectivity index (χ4n) is 3.05. The van der Waals surface area contributed by atoms with Crippen LogP contribution in [-0.4, -0.2) is 32.4 Å². The van der Waals surface area contributed by atoms with E-state index in [-0.39, 0.29) is 4.90 Å². The van der Waals surface area contributed by atoms with Gasteiger partial charge in [0.1, 0.15) is 10.6 Å². The van der Waals surface area contributed by atoms with Gasteiger partial charge in [-0.25, -0.2) is 8.42 Å². The van der Waals surface area contributed by atoms with E-state index in [1.165, 1.54) is 6.07 Å². The molecule has 0 N–H and O–H groups in total. The summed E-state index contributed by atoms with van der Waals surface area (Å²) >= 11 is 6.15. The molecule has 0 unspecified atom stereocenters. The van der Waals surface area contributed by atoms with Gasteiger partial charge in [-0.3, -0.25) is 0 Å². The van der Waals surface area contributed by atoms with Crippen molar-refractivity contribution in [3.05, 3.63) is 22.7 Å². The first-order valence-electron chi connectivity index (χ1n) is 7.68. The Morgan fingerprint density at radius 2 is 1.86 bits per heavy atom. The Bertz CT molecular complexity index is 635. The first kappa shape index (κ1) is 17.6. The second-order valence-electron chi connectivity index (χ2n) is 6.25. The van der Waals surface area contributed by atoms with E-state index in [1.807, 2.05) is 13.8 Å².